The van der Waals surface area contributed by atoms with Gasteiger partial charge in [0.2, 0.25) is 0 Å². The minimum atomic E-state index is -0.272. The largest absolute Gasteiger partial charge is 0.327 e. The van der Waals surface area contributed by atoms with Crippen LogP contribution in [-0.4, -0.2) is 6.04 Å². The van der Waals surface area contributed by atoms with Gasteiger partial charge < -0.3 is 5.73 Å². The first-order valence-corrected chi connectivity index (χ1v) is 4.10. The number of nitrogens with two attached hydrogens (primary N) is 1. The zero-order valence-corrected chi connectivity index (χ0v) is 7.46. The van der Waals surface area contributed by atoms with Gasteiger partial charge in [-0.05, 0) is 18.0 Å². The molecule has 0 radical (unpaired) electrons. The summed E-state index contributed by atoms with van der Waals surface area (Å²) in [7, 11) is 0. The summed E-state index contributed by atoms with van der Waals surface area (Å²) >= 11 is 0. The summed E-state index contributed by atoms with van der Waals surface area (Å²) in [5.74, 6) is 0. The molecule has 0 heterocycles. The molecule has 1 unspecified atom stereocenters. The van der Waals surface area contributed by atoms with Gasteiger partial charge in [-0.1, -0.05) is 35.4 Å². The Morgan fingerprint density at radius 3 is 2.46 bits per heavy atom. The Bertz CT molecular complexity index is 301. The first kappa shape index (κ1) is 9.58. The fraction of sp³-hybridized carbons (Fsp3) is 0.333. The summed E-state index contributed by atoms with van der Waals surface area (Å²) in [4.78, 5) is 2.78. The maximum Gasteiger partial charge on any atom is 0.0773 e. The topological polar surface area (TPSA) is 74.8 Å². The molecule has 2 N–H and O–H groups in total. The predicted octanol–water partition coefficient (Wildman–Crippen LogP) is 2.39. The summed E-state index contributed by atoms with van der Waals surface area (Å²) in [5, 5.41) is 3.65. The van der Waals surface area contributed by atoms with E-state index in [1.165, 1.54) is 0 Å². The van der Waals surface area contributed by atoms with Crippen molar-refractivity contribution in [3.63, 3.8) is 0 Å². The number of nitrogens with zero attached hydrogens (tertiary/aromatic N) is 3. The third kappa shape index (κ3) is 2.47. The minimum absolute atomic E-state index is 0.168. The Morgan fingerprint density at radius 2 is 2.00 bits per heavy atom. The minimum Gasteiger partial charge on any atom is -0.327 e. The van der Waals surface area contributed by atoms with Gasteiger partial charge in [-0.3, -0.25) is 0 Å². The molecule has 0 spiro atoms. The van der Waals surface area contributed by atoms with Crippen molar-refractivity contribution in [3.05, 3.63) is 46.3 Å². The van der Waals surface area contributed by atoms with Gasteiger partial charge >= 0.3 is 0 Å². The van der Waals surface area contributed by atoms with Crippen molar-refractivity contribution >= 4 is 0 Å². The molecule has 0 fully saturated rings. The van der Waals surface area contributed by atoms with Crippen molar-refractivity contribution < 1.29 is 0 Å². The van der Waals surface area contributed by atoms with Gasteiger partial charge in [0.25, 0.3) is 0 Å². The van der Waals surface area contributed by atoms with Crippen LogP contribution in [0, 0.1) is 0 Å². The van der Waals surface area contributed by atoms with Crippen molar-refractivity contribution in [3.8, 4) is 0 Å². The third-order valence-corrected chi connectivity index (χ3v) is 1.82. The molecule has 13 heavy (non-hydrogen) atoms. The first-order valence-electron chi connectivity index (χ1n) is 4.10. The standard InChI is InChI=1S/C9H12N4/c1-7(10)9(12-13-11)8-5-3-2-4-6-8/h2-7,9H,10H2,1H3/t7-,9?/m1/s1. The van der Waals surface area contributed by atoms with E-state index in [1.54, 1.807) is 0 Å². The summed E-state index contributed by atoms with van der Waals surface area (Å²) in [5.41, 5.74) is 15.0. The molecule has 2 atom stereocenters. The summed E-state index contributed by atoms with van der Waals surface area (Å²) < 4.78 is 0. The average Bonchev–Trinajstić information content (AvgIpc) is 2.15. The molecule has 68 valence electrons. The second-order valence-corrected chi connectivity index (χ2v) is 2.92. The van der Waals surface area contributed by atoms with Crippen molar-refractivity contribution in [2.45, 2.75) is 19.0 Å². The van der Waals surface area contributed by atoms with Crippen LogP contribution in [0.15, 0.2) is 35.4 Å². The molecule has 1 rings (SSSR count). The molecule has 0 saturated carbocycles. The fourth-order valence-corrected chi connectivity index (χ4v) is 1.18. The van der Waals surface area contributed by atoms with Gasteiger partial charge in [0.15, 0.2) is 0 Å². The molecule has 1 aromatic carbocycles. The fourth-order valence-electron chi connectivity index (χ4n) is 1.18. The van der Waals surface area contributed by atoms with Crippen LogP contribution in [0.3, 0.4) is 0 Å². The van der Waals surface area contributed by atoms with Crippen molar-refractivity contribution in [2.75, 3.05) is 0 Å². The van der Waals surface area contributed by atoms with Gasteiger partial charge in [-0.25, -0.2) is 0 Å². The van der Waals surface area contributed by atoms with E-state index >= 15 is 0 Å². The average molecular weight is 176 g/mol. The maximum absolute atomic E-state index is 8.35. The van der Waals surface area contributed by atoms with Crippen LogP contribution in [-0.2, 0) is 0 Å². The normalized spacial score (nSPS) is 14.3. The molecule has 0 amide bonds. The van der Waals surface area contributed by atoms with Crippen LogP contribution in [0.4, 0.5) is 0 Å². The van der Waals surface area contributed by atoms with Crippen molar-refractivity contribution in [1.82, 2.24) is 0 Å². The van der Waals surface area contributed by atoms with Gasteiger partial charge in [0, 0.05) is 11.0 Å². The van der Waals surface area contributed by atoms with Crippen molar-refractivity contribution in [2.24, 2.45) is 10.8 Å². The number of hydrogen-bond acceptors (Lipinski definition) is 2. The highest BCUT2D eigenvalue weighted by Gasteiger charge is 2.12. The van der Waals surface area contributed by atoms with E-state index in [4.69, 9.17) is 11.3 Å². The number of azide groups is 1. The zero-order valence-electron chi connectivity index (χ0n) is 7.46. The Morgan fingerprint density at radius 1 is 1.38 bits per heavy atom. The molecule has 0 saturated heterocycles. The lowest BCUT2D eigenvalue weighted by Crippen LogP contribution is -2.22. The molecule has 1 aromatic rings. The summed E-state index contributed by atoms with van der Waals surface area (Å²) in [6, 6.07) is 9.09. The smallest absolute Gasteiger partial charge is 0.0773 e. The molecule has 4 nitrogen and oxygen atoms in total. The van der Waals surface area contributed by atoms with E-state index in [0.717, 1.165) is 5.56 Å². The van der Waals surface area contributed by atoms with E-state index in [0.29, 0.717) is 0 Å². The Hall–Kier alpha value is -1.51. The monoisotopic (exact) mass is 176 g/mol. The van der Waals surface area contributed by atoms with E-state index in [-0.39, 0.29) is 12.1 Å². The Kier molecular flexibility index (Phi) is 3.31. The van der Waals surface area contributed by atoms with Crippen molar-refractivity contribution in [1.29, 1.82) is 0 Å². The number of benzene rings is 1. The highest BCUT2D eigenvalue weighted by atomic mass is 15.2. The highest BCUT2D eigenvalue weighted by molar-refractivity contribution is 5.20. The Balaban J connectivity index is 2.95. The lowest BCUT2D eigenvalue weighted by atomic mass is 10.0. The SMILES string of the molecule is C[C@@H](N)C(N=[N+]=[N-])c1ccccc1. The lowest BCUT2D eigenvalue weighted by molar-refractivity contribution is 0.586. The van der Waals surface area contributed by atoms with Crippen LogP contribution in [0.1, 0.15) is 18.5 Å². The lowest BCUT2D eigenvalue weighted by Gasteiger charge is -2.14. The van der Waals surface area contributed by atoms with Crippen LogP contribution < -0.4 is 5.73 Å². The summed E-state index contributed by atoms with van der Waals surface area (Å²) in [6.07, 6.45) is 0. The van der Waals surface area contributed by atoms with Gasteiger partial charge in [0.1, 0.15) is 0 Å². The second kappa shape index (κ2) is 4.50. The van der Waals surface area contributed by atoms with Crippen LogP contribution in [0.5, 0.6) is 0 Å². The summed E-state index contributed by atoms with van der Waals surface area (Å²) in [6.45, 7) is 1.83. The number of rotatable bonds is 3. The quantitative estimate of drug-likeness (QED) is 0.428. The van der Waals surface area contributed by atoms with E-state index in [1.807, 2.05) is 37.3 Å². The van der Waals surface area contributed by atoms with Gasteiger partial charge in [-0.2, -0.15) is 0 Å². The molecular formula is C9H12N4. The van der Waals surface area contributed by atoms with Gasteiger partial charge in [0.05, 0.1) is 6.04 Å². The molecular weight excluding hydrogens is 164 g/mol. The molecule has 4 heteroatoms. The van der Waals surface area contributed by atoms with Gasteiger partial charge in [-0.15, -0.1) is 0 Å². The molecule has 0 aliphatic rings. The van der Waals surface area contributed by atoms with E-state index < -0.39 is 0 Å². The van der Waals surface area contributed by atoms with Crippen LogP contribution in [0.25, 0.3) is 10.4 Å². The van der Waals surface area contributed by atoms with E-state index in [9.17, 15) is 0 Å². The molecule has 0 bridgehead atoms. The number of hydrogen-bond donors (Lipinski definition) is 1. The Labute approximate surface area is 77.0 Å². The third-order valence-electron chi connectivity index (χ3n) is 1.82. The van der Waals surface area contributed by atoms with E-state index in [2.05, 4.69) is 10.0 Å². The maximum atomic E-state index is 8.35. The first-order chi connectivity index (χ1) is 6.25. The zero-order chi connectivity index (χ0) is 9.68. The molecule has 0 aromatic heterocycles. The van der Waals surface area contributed by atoms with Crippen LogP contribution >= 0.6 is 0 Å². The predicted molar refractivity (Wildman–Crippen MR) is 52.0 cm³/mol. The molecule has 0 aliphatic carbocycles. The highest BCUT2D eigenvalue weighted by Crippen LogP contribution is 2.19. The van der Waals surface area contributed by atoms with Crippen LogP contribution in [0.2, 0.25) is 0 Å². The molecule has 0 aliphatic heterocycles. The second-order valence-electron chi connectivity index (χ2n) is 2.92.